The molecule has 0 aliphatic carbocycles. The Morgan fingerprint density at radius 3 is 2.41 bits per heavy atom. The quantitative estimate of drug-likeness (QED) is 0.409. The van der Waals surface area contributed by atoms with Gasteiger partial charge in [-0.2, -0.15) is 0 Å². The molecule has 0 radical (unpaired) electrons. The van der Waals surface area contributed by atoms with Gasteiger partial charge in [-0.25, -0.2) is 0 Å². The Kier molecular flexibility index (Phi) is 5.53. The second kappa shape index (κ2) is 8.67. The molecular weight excluding hydrogens is 434 g/mol. The van der Waals surface area contributed by atoms with E-state index in [1.807, 2.05) is 31.2 Å². The largest absolute Gasteiger partial charge is 0.495 e. The van der Waals surface area contributed by atoms with E-state index in [-0.39, 0.29) is 5.43 Å². The van der Waals surface area contributed by atoms with E-state index in [1.54, 1.807) is 39.5 Å². The van der Waals surface area contributed by atoms with Gasteiger partial charge in [0.05, 0.1) is 50.1 Å². The molecule has 2 heterocycles. The molecule has 7 heteroatoms. The van der Waals surface area contributed by atoms with E-state index in [2.05, 4.69) is 11.0 Å². The van der Waals surface area contributed by atoms with Gasteiger partial charge in [-0.05, 0) is 54.4 Å². The summed E-state index contributed by atoms with van der Waals surface area (Å²) in [5.41, 5.74) is 4.39. The first-order valence-electron chi connectivity index (χ1n) is 10.9. The molecule has 0 fully saturated rings. The number of nitrogens with zero attached hydrogens (tertiary/aromatic N) is 1. The van der Waals surface area contributed by atoms with Crippen molar-refractivity contribution in [1.82, 2.24) is 0 Å². The van der Waals surface area contributed by atoms with E-state index in [0.717, 1.165) is 22.6 Å². The van der Waals surface area contributed by atoms with Crippen LogP contribution in [0.4, 0.5) is 5.69 Å². The summed E-state index contributed by atoms with van der Waals surface area (Å²) in [6.45, 7) is 2.92. The van der Waals surface area contributed by atoms with Crippen LogP contribution in [0.1, 0.15) is 11.1 Å². The number of fused-ring (bicyclic) bond motifs is 3. The minimum Gasteiger partial charge on any atom is -0.495 e. The van der Waals surface area contributed by atoms with Crippen LogP contribution >= 0.6 is 0 Å². The molecule has 34 heavy (non-hydrogen) atoms. The van der Waals surface area contributed by atoms with Crippen LogP contribution in [0.5, 0.6) is 23.0 Å². The monoisotopic (exact) mass is 459 g/mol. The number of ether oxygens (including phenoxy) is 4. The van der Waals surface area contributed by atoms with E-state index >= 15 is 0 Å². The topological polar surface area (TPSA) is 70.4 Å². The average molecular weight is 459 g/mol. The lowest BCUT2D eigenvalue weighted by atomic mass is 10.0. The molecule has 0 saturated carbocycles. The Bertz CT molecular complexity index is 1440. The number of rotatable bonds is 5. The smallest absolute Gasteiger partial charge is 0.200 e. The average Bonchev–Trinajstić information content (AvgIpc) is 2.88. The first-order chi connectivity index (χ1) is 16.5. The Morgan fingerprint density at radius 2 is 1.65 bits per heavy atom. The number of benzene rings is 3. The summed E-state index contributed by atoms with van der Waals surface area (Å²) in [4.78, 5) is 15.5. The van der Waals surface area contributed by atoms with Crippen LogP contribution in [0.2, 0.25) is 0 Å². The van der Waals surface area contributed by atoms with Crippen molar-refractivity contribution in [3.8, 4) is 34.1 Å². The maximum Gasteiger partial charge on any atom is 0.200 e. The van der Waals surface area contributed by atoms with Gasteiger partial charge in [0.15, 0.2) is 18.2 Å². The lowest BCUT2D eigenvalue weighted by Gasteiger charge is -2.32. The molecule has 3 aromatic carbocycles. The minimum atomic E-state index is -0.124. The zero-order valence-corrected chi connectivity index (χ0v) is 19.5. The molecule has 0 spiro atoms. The minimum absolute atomic E-state index is 0.124. The maximum absolute atomic E-state index is 13.5. The van der Waals surface area contributed by atoms with Crippen LogP contribution in [0.25, 0.3) is 22.1 Å². The molecule has 0 atom stereocenters. The SMILES string of the molecule is COc1ccc(-c2coc3c4c(ccc3c2=O)OCN(c2cc(C)ccc2OC)C4)cc1OC. The van der Waals surface area contributed by atoms with Crippen molar-refractivity contribution >= 4 is 16.7 Å². The van der Waals surface area contributed by atoms with E-state index in [0.29, 0.717) is 52.6 Å². The summed E-state index contributed by atoms with van der Waals surface area (Å²) in [6.07, 6.45) is 1.50. The summed E-state index contributed by atoms with van der Waals surface area (Å²) in [5.74, 6) is 2.60. The number of aryl methyl sites for hydroxylation is 1. The summed E-state index contributed by atoms with van der Waals surface area (Å²) >= 11 is 0. The normalized spacial score (nSPS) is 12.8. The molecule has 0 amide bonds. The Balaban J connectivity index is 1.59. The van der Waals surface area contributed by atoms with Crippen molar-refractivity contribution in [3.05, 3.63) is 76.1 Å². The third-order valence-corrected chi connectivity index (χ3v) is 6.10. The van der Waals surface area contributed by atoms with Crippen molar-refractivity contribution in [2.45, 2.75) is 13.5 Å². The van der Waals surface area contributed by atoms with Crippen LogP contribution in [-0.4, -0.2) is 28.1 Å². The predicted octanol–water partition coefficient (Wildman–Crippen LogP) is 5.15. The fourth-order valence-electron chi connectivity index (χ4n) is 4.31. The van der Waals surface area contributed by atoms with Crippen molar-refractivity contribution in [2.75, 3.05) is 33.0 Å². The van der Waals surface area contributed by atoms with Gasteiger partial charge in [0.1, 0.15) is 23.3 Å². The highest BCUT2D eigenvalue weighted by atomic mass is 16.5. The molecule has 174 valence electrons. The number of anilines is 1. The van der Waals surface area contributed by atoms with E-state index < -0.39 is 0 Å². The Hall–Kier alpha value is -4.13. The van der Waals surface area contributed by atoms with Gasteiger partial charge in [0, 0.05) is 0 Å². The molecule has 1 aliphatic rings. The number of methoxy groups -OCH3 is 3. The van der Waals surface area contributed by atoms with Crippen LogP contribution in [0.3, 0.4) is 0 Å². The molecule has 0 N–H and O–H groups in total. The van der Waals surface area contributed by atoms with Gasteiger partial charge in [0.25, 0.3) is 0 Å². The zero-order chi connectivity index (χ0) is 23.8. The van der Waals surface area contributed by atoms with Gasteiger partial charge in [-0.3, -0.25) is 4.79 Å². The highest BCUT2D eigenvalue weighted by molar-refractivity contribution is 5.86. The van der Waals surface area contributed by atoms with E-state index in [1.165, 1.54) is 6.26 Å². The van der Waals surface area contributed by atoms with Crippen LogP contribution in [-0.2, 0) is 6.54 Å². The predicted molar refractivity (Wildman–Crippen MR) is 130 cm³/mol. The number of hydrogen-bond donors (Lipinski definition) is 0. The summed E-state index contributed by atoms with van der Waals surface area (Å²) in [5, 5.41) is 0.493. The molecule has 1 aromatic heterocycles. The molecule has 4 aromatic rings. The highest BCUT2D eigenvalue weighted by Crippen LogP contribution is 2.38. The van der Waals surface area contributed by atoms with Gasteiger partial charge in [0.2, 0.25) is 5.43 Å². The van der Waals surface area contributed by atoms with Crippen molar-refractivity contribution in [2.24, 2.45) is 0 Å². The highest BCUT2D eigenvalue weighted by Gasteiger charge is 2.25. The fraction of sp³-hybridized carbons (Fsp3) is 0.222. The van der Waals surface area contributed by atoms with Gasteiger partial charge >= 0.3 is 0 Å². The van der Waals surface area contributed by atoms with Crippen molar-refractivity contribution in [1.29, 1.82) is 0 Å². The molecule has 0 unspecified atom stereocenters. The van der Waals surface area contributed by atoms with E-state index in [4.69, 9.17) is 23.4 Å². The van der Waals surface area contributed by atoms with Crippen LogP contribution in [0, 0.1) is 6.92 Å². The Morgan fingerprint density at radius 1 is 0.882 bits per heavy atom. The summed E-state index contributed by atoms with van der Waals surface area (Å²) < 4.78 is 28.3. The molecule has 5 rings (SSSR count). The molecular formula is C27H25NO6. The molecule has 1 aliphatic heterocycles. The molecule has 0 bridgehead atoms. The maximum atomic E-state index is 13.5. The second-order valence-electron chi connectivity index (χ2n) is 8.11. The third-order valence-electron chi connectivity index (χ3n) is 6.10. The summed E-state index contributed by atoms with van der Waals surface area (Å²) in [6, 6.07) is 14.9. The van der Waals surface area contributed by atoms with Crippen LogP contribution in [0.15, 0.2) is 64.0 Å². The lowest BCUT2D eigenvalue weighted by molar-refractivity contribution is 0.287. The van der Waals surface area contributed by atoms with Gasteiger partial charge < -0.3 is 28.3 Å². The molecule has 0 saturated heterocycles. The second-order valence-corrected chi connectivity index (χ2v) is 8.11. The summed E-state index contributed by atoms with van der Waals surface area (Å²) in [7, 11) is 4.78. The molecule has 7 nitrogen and oxygen atoms in total. The van der Waals surface area contributed by atoms with Crippen LogP contribution < -0.4 is 29.3 Å². The van der Waals surface area contributed by atoms with Gasteiger partial charge in [-0.15, -0.1) is 0 Å². The Labute approximate surface area is 197 Å². The fourth-order valence-corrected chi connectivity index (χ4v) is 4.31. The third kappa shape index (κ3) is 3.59. The van der Waals surface area contributed by atoms with Crippen molar-refractivity contribution in [3.63, 3.8) is 0 Å². The lowest BCUT2D eigenvalue weighted by Crippen LogP contribution is -2.32. The standard InChI is InChI=1S/C27H25NO6/c1-16-5-8-23(30-2)21(11-16)28-13-19-22(34-15-28)10-7-18-26(29)20(14-33-27(18)19)17-6-9-24(31-3)25(12-17)32-4/h5-12,14H,13,15H2,1-4H3. The van der Waals surface area contributed by atoms with Gasteiger partial charge in [-0.1, -0.05) is 12.1 Å². The number of hydrogen-bond acceptors (Lipinski definition) is 7. The van der Waals surface area contributed by atoms with Crippen molar-refractivity contribution < 1.29 is 23.4 Å². The first-order valence-corrected chi connectivity index (χ1v) is 10.9. The van der Waals surface area contributed by atoms with E-state index in [9.17, 15) is 4.79 Å². The zero-order valence-electron chi connectivity index (χ0n) is 19.5. The first kappa shape index (κ1) is 21.7.